The Labute approximate surface area is 222 Å². The van der Waals surface area contributed by atoms with Gasteiger partial charge in [0.15, 0.2) is 16.9 Å². The Kier molecular flexibility index (Phi) is 7.13. The highest BCUT2D eigenvalue weighted by atomic mass is 16.5. The van der Waals surface area contributed by atoms with Crippen molar-refractivity contribution in [2.75, 3.05) is 13.7 Å². The van der Waals surface area contributed by atoms with Gasteiger partial charge in [0.1, 0.15) is 25.2 Å². The number of para-hydroxylation sites is 1. The molecule has 0 bridgehead atoms. The fraction of sp³-hybridized carbons (Fsp3) is 0.250. The van der Waals surface area contributed by atoms with Crippen LogP contribution in [0.25, 0.3) is 16.9 Å². The summed E-state index contributed by atoms with van der Waals surface area (Å²) in [6, 6.07) is 16.7. The van der Waals surface area contributed by atoms with Gasteiger partial charge in [-0.2, -0.15) is 0 Å². The molecule has 200 valence electrons. The zero-order chi connectivity index (χ0) is 27.5. The number of hydrogen-bond acceptors (Lipinski definition) is 8. The molecule has 5 rings (SSSR count). The monoisotopic (exact) mass is 529 g/mol. The van der Waals surface area contributed by atoms with Crippen molar-refractivity contribution in [3.63, 3.8) is 0 Å². The number of imidazole rings is 1. The first-order chi connectivity index (χ1) is 18.9. The Balaban J connectivity index is 1.59. The number of rotatable bonds is 9. The van der Waals surface area contributed by atoms with Crippen LogP contribution in [0.1, 0.15) is 41.7 Å². The summed E-state index contributed by atoms with van der Waals surface area (Å²) in [5.74, 6) is 0.480. The van der Waals surface area contributed by atoms with E-state index >= 15 is 0 Å². The fourth-order valence-corrected chi connectivity index (χ4v) is 4.24. The van der Waals surface area contributed by atoms with Gasteiger partial charge >= 0.3 is 11.7 Å². The minimum Gasteiger partial charge on any atom is -0.492 e. The molecule has 0 unspecified atom stereocenters. The van der Waals surface area contributed by atoms with Crippen LogP contribution in [0.2, 0.25) is 0 Å². The summed E-state index contributed by atoms with van der Waals surface area (Å²) in [4.78, 5) is 47.7. The van der Waals surface area contributed by atoms with Crippen LogP contribution in [0.4, 0.5) is 0 Å². The van der Waals surface area contributed by atoms with Gasteiger partial charge in [0.25, 0.3) is 5.56 Å². The number of hydrogen-bond donors (Lipinski definition) is 0. The Morgan fingerprint density at radius 3 is 2.49 bits per heavy atom. The highest BCUT2D eigenvalue weighted by Gasteiger charge is 2.21. The Bertz CT molecular complexity index is 1730. The van der Waals surface area contributed by atoms with Crippen molar-refractivity contribution in [1.82, 2.24) is 23.7 Å². The molecule has 0 saturated carbocycles. The summed E-state index contributed by atoms with van der Waals surface area (Å²) in [5, 5.41) is 0. The number of ether oxygens (including phenoxy) is 2. The Morgan fingerprint density at radius 2 is 1.79 bits per heavy atom. The second-order valence-corrected chi connectivity index (χ2v) is 9.15. The van der Waals surface area contributed by atoms with Gasteiger partial charge in [0.05, 0.1) is 25.7 Å². The van der Waals surface area contributed by atoms with E-state index in [2.05, 4.69) is 28.6 Å². The highest BCUT2D eigenvalue weighted by Crippen LogP contribution is 2.19. The van der Waals surface area contributed by atoms with Gasteiger partial charge in [0.2, 0.25) is 5.89 Å². The fourth-order valence-electron chi connectivity index (χ4n) is 4.24. The van der Waals surface area contributed by atoms with Crippen molar-refractivity contribution in [2.24, 2.45) is 0 Å². The van der Waals surface area contributed by atoms with Gasteiger partial charge in [-0.3, -0.25) is 9.36 Å². The summed E-state index contributed by atoms with van der Waals surface area (Å²) in [7, 11) is 1.25. The van der Waals surface area contributed by atoms with Crippen molar-refractivity contribution in [1.29, 1.82) is 0 Å². The van der Waals surface area contributed by atoms with E-state index < -0.39 is 17.2 Å². The van der Waals surface area contributed by atoms with E-state index in [1.807, 2.05) is 42.5 Å². The van der Waals surface area contributed by atoms with E-state index in [-0.39, 0.29) is 42.4 Å². The normalized spacial score (nSPS) is 11.3. The summed E-state index contributed by atoms with van der Waals surface area (Å²) in [5.41, 5.74) is 1.01. The van der Waals surface area contributed by atoms with Gasteiger partial charge in [0, 0.05) is 0 Å². The summed E-state index contributed by atoms with van der Waals surface area (Å²) < 4.78 is 19.9. The van der Waals surface area contributed by atoms with Gasteiger partial charge in [-0.1, -0.05) is 44.2 Å². The number of esters is 1. The van der Waals surface area contributed by atoms with Crippen molar-refractivity contribution >= 4 is 17.1 Å². The smallest absolute Gasteiger partial charge is 0.360 e. The topological polar surface area (TPSA) is 123 Å². The van der Waals surface area contributed by atoms with Crippen molar-refractivity contribution in [2.45, 2.75) is 32.9 Å². The van der Waals surface area contributed by atoms with Crippen LogP contribution in [-0.2, 0) is 17.8 Å². The van der Waals surface area contributed by atoms with Gasteiger partial charge in [-0.05, 0) is 35.7 Å². The second-order valence-electron chi connectivity index (χ2n) is 9.15. The average Bonchev–Trinajstić information content (AvgIpc) is 3.59. The molecular formula is C28H27N5O6. The van der Waals surface area contributed by atoms with E-state index in [0.29, 0.717) is 17.4 Å². The maximum absolute atomic E-state index is 13.7. The first-order valence-corrected chi connectivity index (χ1v) is 12.4. The number of benzene rings is 2. The highest BCUT2D eigenvalue weighted by molar-refractivity contribution is 5.86. The molecule has 0 N–H and O–H groups in total. The second kappa shape index (κ2) is 10.8. The molecule has 39 heavy (non-hydrogen) atoms. The molecule has 3 aromatic heterocycles. The molecular weight excluding hydrogens is 502 g/mol. The lowest BCUT2D eigenvalue weighted by Crippen LogP contribution is -2.41. The van der Waals surface area contributed by atoms with E-state index in [4.69, 9.17) is 9.15 Å². The number of methoxy groups -OCH3 is 1. The molecule has 0 aliphatic rings. The van der Waals surface area contributed by atoms with Crippen molar-refractivity contribution in [3.8, 4) is 11.4 Å². The maximum Gasteiger partial charge on any atom is 0.360 e. The third-order valence-corrected chi connectivity index (χ3v) is 6.30. The molecule has 0 spiro atoms. The standard InChI is InChI=1S/C28H27N5O6/c1-18(2)19-9-11-20(12-10-19)33-25-24(31(17-29-25)15-23-30-22(16-39-23)27(35)37-3)26(34)32(28(33)36)13-14-38-21-7-5-4-6-8-21/h4-12,16-18H,13-15H2,1-3H3. The molecule has 0 amide bonds. The summed E-state index contributed by atoms with van der Waals surface area (Å²) in [6.07, 6.45) is 2.63. The first-order valence-electron chi connectivity index (χ1n) is 12.4. The number of nitrogens with zero attached hydrogens (tertiary/aromatic N) is 5. The van der Waals surface area contributed by atoms with E-state index in [0.717, 1.165) is 10.1 Å². The van der Waals surface area contributed by atoms with Crippen LogP contribution in [0, 0.1) is 0 Å². The summed E-state index contributed by atoms with van der Waals surface area (Å²) in [6.45, 7) is 4.30. The number of oxazole rings is 1. The number of carbonyl (C=O) groups is 1. The van der Waals surface area contributed by atoms with Gasteiger partial charge < -0.3 is 18.5 Å². The molecule has 11 nitrogen and oxygen atoms in total. The largest absolute Gasteiger partial charge is 0.492 e. The van der Waals surface area contributed by atoms with Gasteiger partial charge in [-0.25, -0.2) is 24.1 Å². The molecule has 0 fully saturated rings. The van der Waals surface area contributed by atoms with E-state index in [1.54, 1.807) is 12.1 Å². The number of fused-ring (bicyclic) bond motifs is 1. The Hall–Kier alpha value is -4.93. The molecule has 0 atom stereocenters. The molecule has 5 aromatic rings. The quantitative estimate of drug-likeness (QED) is 0.266. The summed E-state index contributed by atoms with van der Waals surface area (Å²) >= 11 is 0. The van der Waals surface area contributed by atoms with Crippen LogP contribution in [0.5, 0.6) is 5.75 Å². The lowest BCUT2D eigenvalue weighted by molar-refractivity contribution is 0.0594. The molecule has 0 aliphatic carbocycles. The predicted molar refractivity (Wildman–Crippen MR) is 143 cm³/mol. The van der Waals surface area contributed by atoms with E-state index in [9.17, 15) is 14.4 Å². The van der Waals surface area contributed by atoms with Crippen LogP contribution < -0.4 is 16.0 Å². The number of carbonyl (C=O) groups excluding carboxylic acids is 1. The predicted octanol–water partition coefficient (Wildman–Crippen LogP) is 3.37. The van der Waals surface area contributed by atoms with Crippen LogP contribution in [0.3, 0.4) is 0 Å². The molecule has 11 heteroatoms. The Morgan fingerprint density at radius 1 is 1.05 bits per heavy atom. The van der Waals surface area contributed by atoms with Crippen molar-refractivity contribution in [3.05, 3.63) is 105 Å². The number of aromatic nitrogens is 5. The van der Waals surface area contributed by atoms with Crippen LogP contribution in [-0.4, -0.2) is 43.4 Å². The van der Waals surface area contributed by atoms with Crippen LogP contribution in [0.15, 0.2) is 81.2 Å². The molecule has 3 heterocycles. The average molecular weight is 530 g/mol. The van der Waals surface area contributed by atoms with Crippen LogP contribution >= 0.6 is 0 Å². The third-order valence-electron chi connectivity index (χ3n) is 6.30. The van der Waals surface area contributed by atoms with Gasteiger partial charge in [-0.15, -0.1) is 0 Å². The molecule has 0 saturated heterocycles. The third kappa shape index (κ3) is 5.11. The molecule has 2 aromatic carbocycles. The SMILES string of the molecule is COC(=O)c1coc(Cn2cnc3c2c(=O)n(CCOc2ccccc2)c(=O)n3-c2ccc(C(C)C)cc2)n1. The van der Waals surface area contributed by atoms with E-state index in [1.165, 1.54) is 28.8 Å². The minimum absolute atomic E-state index is 0.00768. The zero-order valence-corrected chi connectivity index (χ0v) is 21.7. The maximum atomic E-state index is 13.7. The van der Waals surface area contributed by atoms with Crippen molar-refractivity contribution < 1.29 is 18.7 Å². The molecule has 0 aliphatic heterocycles. The first kappa shape index (κ1) is 25.7. The zero-order valence-electron chi connectivity index (χ0n) is 21.7. The lowest BCUT2D eigenvalue weighted by Gasteiger charge is -2.14. The molecule has 0 radical (unpaired) electrons. The minimum atomic E-state index is -0.639. The lowest BCUT2D eigenvalue weighted by atomic mass is 10.0.